The zero-order valence-electron chi connectivity index (χ0n) is 12.5. The molecule has 0 spiro atoms. The summed E-state index contributed by atoms with van der Waals surface area (Å²) in [5, 5.41) is 10.6. The van der Waals surface area contributed by atoms with Crippen molar-refractivity contribution >= 4 is 12.1 Å². The van der Waals surface area contributed by atoms with E-state index < -0.39 is 4.92 Å². The van der Waals surface area contributed by atoms with Crippen LogP contribution in [-0.2, 0) is 4.79 Å². The minimum atomic E-state index is -0.447. The molecule has 1 aromatic carbocycles. The molecule has 2 rings (SSSR count). The van der Waals surface area contributed by atoms with Crippen molar-refractivity contribution < 1.29 is 19.2 Å². The van der Waals surface area contributed by atoms with Gasteiger partial charge < -0.3 is 14.4 Å². The van der Waals surface area contributed by atoms with Crippen molar-refractivity contribution in [3.05, 3.63) is 27.8 Å². The third-order valence-electron chi connectivity index (χ3n) is 3.19. The third-order valence-corrected chi connectivity index (χ3v) is 3.19. The molecule has 0 aliphatic carbocycles. The zero-order valence-corrected chi connectivity index (χ0v) is 12.5. The highest BCUT2D eigenvalue weighted by Crippen LogP contribution is 2.33. The van der Waals surface area contributed by atoms with Crippen molar-refractivity contribution in [3.8, 4) is 11.5 Å². The average molecular weight is 296 g/mol. The van der Waals surface area contributed by atoms with Gasteiger partial charge in [-0.05, 0) is 25.8 Å². The summed E-state index contributed by atoms with van der Waals surface area (Å²) < 4.78 is 9.96. The van der Waals surface area contributed by atoms with Crippen LogP contribution in [0, 0.1) is 17.0 Å². The summed E-state index contributed by atoms with van der Waals surface area (Å²) in [6, 6.07) is 2.94. The van der Waals surface area contributed by atoms with E-state index in [0.717, 1.165) is 19.5 Å². The highest BCUT2D eigenvalue weighted by atomic mass is 16.6. The molecular weight excluding hydrogens is 276 g/mol. The van der Waals surface area contributed by atoms with Crippen LogP contribution >= 0.6 is 0 Å². The molecule has 1 aliphatic heterocycles. The average Bonchev–Trinajstić information content (AvgIpc) is 3.00. The van der Waals surface area contributed by atoms with Crippen molar-refractivity contribution in [2.24, 2.45) is 0 Å². The van der Waals surface area contributed by atoms with E-state index in [4.69, 9.17) is 9.47 Å². The van der Waals surface area contributed by atoms with Gasteiger partial charge in [-0.3, -0.25) is 14.9 Å². The Balaban J connectivity index is 0.000000262. The quantitative estimate of drug-likeness (QED) is 0.483. The van der Waals surface area contributed by atoms with Gasteiger partial charge in [0, 0.05) is 18.7 Å². The van der Waals surface area contributed by atoms with Crippen LogP contribution in [-0.4, -0.2) is 43.5 Å². The first-order valence-corrected chi connectivity index (χ1v) is 6.59. The number of rotatable bonds is 4. The van der Waals surface area contributed by atoms with Crippen molar-refractivity contribution in [2.75, 3.05) is 27.3 Å². The molecule has 0 saturated carbocycles. The molecule has 1 aliphatic rings. The second-order valence-corrected chi connectivity index (χ2v) is 4.60. The molecule has 21 heavy (non-hydrogen) atoms. The summed E-state index contributed by atoms with van der Waals surface area (Å²) in [6.07, 6.45) is 3.31. The number of likely N-dealkylation sites (tertiary alicyclic amines) is 1. The van der Waals surface area contributed by atoms with Crippen molar-refractivity contribution in [1.29, 1.82) is 0 Å². The fourth-order valence-corrected chi connectivity index (χ4v) is 2.01. The molecule has 1 fully saturated rings. The van der Waals surface area contributed by atoms with Crippen molar-refractivity contribution in [3.63, 3.8) is 0 Å². The summed E-state index contributed by atoms with van der Waals surface area (Å²) in [5.74, 6) is 0.861. The van der Waals surface area contributed by atoms with Crippen LogP contribution in [0.2, 0.25) is 0 Å². The molecule has 0 radical (unpaired) electrons. The molecule has 0 aromatic heterocycles. The Hall–Kier alpha value is -2.31. The maximum absolute atomic E-state index is 10.6. The topological polar surface area (TPSA) is 81.9 Å². The summed E-state index contributed by atoms with van der Waals surface area (Å²) in [6.45, 7) is 3.60. The molecule has 1 saturated heterocycles. The van der Waals surface area contributed by atoms with Gasteiger partial charge in [0.25, 0.3) is 5.69 Å². The molecule has 0 atom stereocenters. The SMILES string of the molecule is COc1cc(C)c([N+](=O)[O-])cc1OC.O=CN1CCCC1. The number of nitro benzene ring substituents is 1. The lowest BCUT2D eigenvalue weighted by molar-refractivity contribution is -0.385. The van der Waals surface area contributed by atoms with Gasteiger partial charge in [-0.1, -0.05) is 0 Å². The van der Waals surface area contributed by atoms with Crippen LogP contribution in [0.1, 0.15) is 18.4 Å². The standard InChI is InChI=1S/C9H11NO4.C5H9NO/c1-6-4-8(13-2)9(14-3)5-7(6)10(11)12;7-5-6-3-1-2-4-6/h4-5H,1-3H3;5H,1-4H2. The first kappa shape index (κ1) is 16.7. The second kappa shape index (κ2) is 8.08. The third kappa shape index (κ3) is 4.62. The van der Waals surface area contributed by atoms with Gasteiger partial charge in [0.15, 0.2) is 11.5 Å². The Bertz CT molecular complexity index is 498. The number of carbonyl (C=O) groups is 1. The Morgan fingerprint density at radius 1 is 1.19 bits per heavy atom. The van der Waals surface area contributed by atoms with Gasteiger partial charge in [-0.15, -0.1) is 0 Å². The smallest absolute Gasteiger partial charge is 0.276 e. The summed E-state index contributed by atoms with van der Waals surface area (Å²) in [4.78, 5) is 21.9. The highest BCUT2D eigenvalue weighted by Gasteiger charge is 2.15. The van der Waals surface area contributed by atoms with Gasteiger partial charge in [0.05, 0.1) is 25.2 Å². The summed E-state index contributed by atoms with van der Waals surface area (Å²) in [5.41, 5.74) is 0.579. The number of ether oxygens (including phenoxy) is 2. The van der Waals surface area contributed by atoms with Crippen LogP contribution in [0.25, 0.3) is 0 Å². The first-order chi connectivity index (χ1) is 10.0. The van der Waals surface area contributed by atoms with Crippen LogP contribution in [0.5, 0.6) is 11.5 Å². The molecular formula is C14H20N2O5. The Morgan fingerprint density at radius 2 is 1.71 bits per heavy atom. The van der Waals surface area contributed by atoms with E-state index in [1.165, 1.54) is 33.1 Å². The maximum atomic E-state index is 10.6. The fraction of sp³-hybridized carbons (Fsp3) is 0.500. The lowest BCUT2D eigenvalue weighted by Gasteiger charge is -2.07. The predicted molar refractivity (Wildman–Crippen MR) is 77.8 cm³/mol. The van der Waals surface area contributed by atoms with Crippen LogP contribution in [0.15, 0.2) is 12.1 Å². The van der Waals surface area contributed by atoms with E-state index in [2.05, 4.69) is 0 Å². The lowest BCUT2D eigenvalue weighted by atomic mass is 10.2. The first-order valence-electron chi connectivity index (χ1n) is 6.59. The second-order valence-electron chi connectivity index (χ2n) is 4.60. The van der Waals surface area contributed by atoms with Crippen LogP contribution in [0.4, 0.5) is 5.69 Å². The molecule has 1 amide bonds. The normalized spacial score (nSPS) is 13.2. The van der Waals surface area contributed by atoms with E-state index >= 15 is 0 Å². The lowest BCUT2D eigenvalue weighted by Crippen LogP contribution is -2.15. The molecule has 7 heteroatoms. The number of nitro groups is 1. The Kier molecular flexibility index (Phi) is 6.45. The van der Waals surface area contributed by atoms with Crippen LogP contribution in [0.3, 0.4) is 0 Å². The van der Waals surface area contributed by atoms with Crippen LogP contribution < -0.4 is 9.47 Å². The van der Waals surface area contributed by atoms with Gasteiger partial charge in [-0.25, -0.2) is 0 Å². The molecule has 1 aromatic rings. The molecule has 7 nitrogen and oxygen atoms in total. The van der Waals surface area contributed by atoms with E-state index in [-0.39, 0.29) is 5.69 Å². The van der Waals surface area contributed by atoms with E-state index in [1.807, 2.05) is 0 Å². The number of hydrogen-bond acceptors (Lipinski definition) is 5. The van der Waals surface area contributed by atoms with Crippen molar-refractivity contribution in [1.82, 2.24) is 4.90 Å². The highest BCUT2D eigenvalue weighted by molar-refractivity contribution is 5.53. The number of aryl methyl sites for hydroxylation is 1. The zero-order chi connectivity index (χ0) is 15.8. The fourth-order valence-electron chi connectivity index (χ4n) is 2.01. The van der Waals surface area contributed by atoms with Gasteiger partial charge in [0.2, 0.25) is 6.41 Å². The molecule has 116 valence electrons. The molecule has 0 unspecified atom stereocenters. The molecule has 1 heterocycles. The Labute approximate surface area is 123 Å². The number of carbonyl (C=O) groups excluding carboxylic acids is 1. The van der Waals surface area contributed by atoms with Gasteiger partial charge >= 0.3 is 0 Å². The minimum absolute atomic E-state index is 0.0302. The van der Waals surface area contributed by atoms with Crippen molar-refractivity contribution in [2.45, 2.75) is 19.8 Å². The van der Waals surface area contributed by atoms with Gasteiger partial charge in [0.1, 0.15) is 0 Å². The van der Waals surface area contributed by atoms with E-state index in [0.29, 0.717) is 17.1 Å². The minimum Gasteiger partial charge on any atom is -0.493 e. The number of hydrogen-bond donors (Lipinski definition) is 0. The van der Waals surface area contributed by atoms with Gasteiger partial charge in [-0.2, -0.15) is 0 Å². The predicted octanol–water partition coefficient (Wildman–Crippen LogP) is 2.16. The number of amides is 1. The number of nitrogens with zero attached hydrogens (tertiary/aromatic N) is 2. The monoisotopic (exact) mass is 296 g/mol. The maximum Gasteiger partial charge on any atom is 0.276 e. The van der Waals surface area contributed by atoms with E-state index in [1.54, 1.807) is 17.9 Å². The Morgan fingerprint density at radius 3 is 2.10 bits per heavy atom. The molecule has 0 N–H and O–H groups in total. The molecule has 0 bridgehead atoms. The summed E-state index contributed by atoms with van der Waals surface area (Å²) >= 11 is 0. The van der Waals surface area contributed by atoms with E-state index in [9.17, 15) is 14.9 Å². The summed E-state index contributed by atoms with van der Waals surface area (Å²) in [7, 11) is 2.93. The number of benzene rings is 1. The largest absolute Gasteiger partial charge is 0.493 e. The number of methoxy groups -OCH3 is 2.